The minimum absolute atomic E-state index is 0.0759. The zero-order chi connectivity index (χ0) is 17.9. The van der Waals surface area contributed by atoms with Crippen molar-refractivity contribution in [1.29, 1.82) is 0 Å². The normalized spacial score (nSPS) is 10.9. The SMILES string of the molecule is O=[N+]([O-])c1ccc2nc(NCCOc3cccc4ccccc34)sc2c1. The molecular weight excluding hydrogens is 350 g/mol. The van der Waals surface area contributed by atoms with Gasteiger partial charge in [0.05, 0.1) is 21.7 Å². The first kappa shape index (κ1) is 16.3. The van der Waals surface area contributed by atoms with Gasteiger partial charge in [-0.2, -0.15) is 0 Å². The largest absolute Gasteiger partial charge is 0.491 e. The molecule has 6 nitrogen and oxygen atoms in total. The van der Waals surface area contributed by atoms with Crippen LogP contribution in [0.5, 0.6) is 5.75 Å². The van der Waals surface area contributed by atoms with E-state index in [0.717, 1.165) is 31.9 Å². The van der Waals surface area contributed by atoms with Crippen LogP contribution in [0.3, 0.4) is 0 Å². The van der Waals surface area contributed by atoms with E-state index in [9.17, 15) is 10.1 Å². The molecule has 26 heavy (non-hydrogen) atoms. The first-order valence-electron chi connectivity index (χ1n) is 8.10. The fraction of sp³-hybridized carbons (Fsp3) is 0.105. The van der Waals surface area contributed by atoms with Crippen LogP contribution in [-0.2, 0) is 0 Å². The number of fused-ring (bicyclic) bond motifs is 2. The highest BCUT2D eigenvalue weighted by atomic mass is 32.1. The molecule has 0 radical (unpaired) electrons. The Labute approximate surface area is 153 Å². The summed E-state index contributed by atoms with van der Waals surface area (Å²) in [5.41, 5.74) is 0.824. The van der Waals surface area contributed by atoms with Crippen molar-refractivity contribution in [2.75, 3.05) is 18.5 Å². The summed E-state index contributed by atoms with van der Waals surface area (Å²) in [7, 11) is 0. The van der Waals surface area contributed by atoms with Crippen molar-refractivity contribution in [3.05, 3.63) is 70.8 Å². The van der Waals surface area contributed by atoms with Gasteiger partial charge in [-0.1, -0.05) is 47.7 Å². The summed E-state index contributed by atoms with van der Waals surface area (Å²) in [4.78, 5) is 14.9. The number of benzene rings is 3. The number of nitro groups is 1. The fourth-order valence-corrected chi connectivity index (χ4v) is 3.67. The summed E-state index contributed by atoms with van der Waals surface area (Å²) in [6, 6.07) is 18.8. The molecule has 0 bridgehead atoms. The lowest BCUT2D eigenvalue weighted by Gasteiger charge is -2.09. The van der Waals surface area contributed by atoms with E-state index in [-0.39, 0.29) is 5.69 Å². The number of nitrogens with one attached hydrogen (secondary N) is 1. The van der Waals surface area contributed by atoms with Crippen molar-refractivity contribution in [2.45, 2.75) is 0 Å². The third-order valence-electron chi connectivity index (χ3n) is 3.97. The summed E-state index contributed by atoms with van der Waals surface area (Å²) in [5.74, 6) is 0.852. The standard InChI is InChI=1S/C19H15N3O3S/c23-22(24)14-8-9-16-18(12-14)26-19(21-16)20-10-11-25-17-7-3-5-13-4-1-2-6-15(13)17/h1-9,12H,10-11H2,(H,20,21). The van der Waals surface area contributed by atoms with Crippen molar-refractivity contribution in [2.24, 2.45) is 0 Å². The predicted octanol–water partition coefficient (Wildman–Crippen LogP) is 4.85. The number of hydrogen-bond donors (Lipinski definition) is 1. The van der Waals surface area contributed by atoms with Crippen LogP contribution in [0.15, 0.2) is 60.7 Å². The van der Waals surface area contributed by atoms with Gasteiger partial charge in [0.2, 0.25) is 0 Å². The number of nitro benzene ring substituents is 1. The first-order chi connectivity index (χ1) is 12.7. The zero-order valence-electron chi connectivity index (χ0n) is 13.7. The van der Waals surface area contributed by atoms with Gasteiger partial charge in [-0.3, -0.25) is 10.1 Å². The third-order valence-corrected chi connectivity index (χ3v) is 4.94. The molecule has 3 aromatic carbocycles. The minimum Gasteiger partial charge on any atom is -0.491 e. The van der Waals surface area contributed by atoms with Crippen LogP contribution in [0.1, 0.15) is 0 Å². The van der Waals surface area contributed by atoms with Crippen LogP contribution in [-0.4, -0.2) is 23.1 Å². The second kappa shape index (κ2) is 6.97. The van der Waals surface area contributed by atoms with E-state index in [1.54, 1.807) is 12.1 Å². The molecule has 1 heterocycles. The molecule has 0 aliphatic rings. The van der Waals surface area contributed by atoms with Gasteiger partial charge in [0, 0.05) is 17.5 Å². The van der Waals surface area contributed by atoms with Gasteiger partial charge in [0.1, 0.15) is 12.4 Å². The van der Waals surface area contributed by atoms with Crippen molar-refractivity contribution >= 4 is 43.1 Å². The second-order valence-corrected chi connectivity index (χ2v) is 6.71. The van der Waals surface area contributed by atoms with E-state index in [0.29, 0.717) is 13.2 Å². The number of rotatable bonds is 6. The lowest BCUT2D eigenvalue weighted by molar-refractivity contribution is -0.384. The quantitative estimate of drug-likeness (QED) is 0.300. The van der Waals surface area contributed by atoms with Crippen molar-refractivity contribution in [3.8, 4) is 5.75 Å². The molecule has 4 rings (SSSR count). The maximum absolute atomic E-state index is 10.8. The van der Waals surface area contributed by atoms with Crippen LogP contribution >= 0.6 is 11.3 Å². The highest BCUT2D eigenvalue weighted by Gasteiger charge is 2.10. The molecule has 0 fully saturated rings. The Morgan fingerprint density at radius 1 is 1.12 bits per heavy atom. The van der Waals surface area contributed by atoms with E-state index in [1.165, 1.54) is 17.4 Å². The molecule has 4 aromatic rings. The van der Waals surface area contributed by atoms with Gasteiger partial charge in [-0.25, -0.2) is 4.98 Å². The summed E-state index contributed by atoms with van der Waals surface area (Å²) >= 11 is 1.40. The maximum atomic E-state index is 10.8. The van der Waals surface area contributed by atoms with E-state index in [2.05, 4.69) is 22.4 Å². The van der Waals surface area contributed by atoms with Crippen LogP contribution in [0.4, 0.5) is 10.8 Å². The van der Waals surface area contributed by atoms with Gasteiger partial charge in [0.25, 0.3) is 5.69 Å². The molecule has 0 aliphatic heterocycles. The molecule has 0 spiro atoms. The number of thiazole rings is 1. The summed E-state index contributed by atoms with van der Waals surface area (Å²) in [6.45, 7) is 1.08. The average molecular weight is 365 g/mol. The fourth-order valence-electron chi connectivity index (χ4n) is 2.74. The lowest BCUT2D eigenvalue weighted by Crippen LogP contribution is -2.11. The van der Waals surface area contributed by atoms with Gasteiger partial charge in [-0.15, -0.1) is 0 Å². The average Bonchev–Trinajstić information content (AvgIpc) is 3.07. The van der Waals surface area contributed by atoms with Gasteiger partial charge in [-0.05, 0) is 17.5 Å². The minimum atomic E-state index is -0.399. The number of anilines is 1. The Kier molecular flexibility index (Phi) is 4.37. The molecule has 0 saturated heterocycles. The Hall–Kier alpha value is -3.19. The van der Waals surface area contributed by atoms with Crippen LogP contribution < -0.4 is 10.1 Å². The number of aromatic nitrogens is 1. The summed E-state index contributed by atoms with van der Waals surface area (Å²) in [6.07, 6.45) is 0. The van der Waals surface area contributed by atoms with Crippen LogP contribution in [0.25, 0.3) is 21.0 Å². The number of hydrogen-bond acceptors (Lipinski definition) is 6. The van der Waals surface area contributed by atoms with Gasteiger partial charge < -0.3 is 10.1 Å². The predicted molar refractivity (Wildman–Crippen MR) is 104 cm³/mol. The Morgan fingerprint density at radius 2 is 1.96 bits per heavy atom. The van der Waals surface area contributed by atoms with E-state index in [1.807, 2.05) is 30.3 Å². The van der Waals surface area contributed by atoms with Crippen LogP contribution in [0.2, 0.25) is 0 Å². The number of nitrogens with zero attached hydrogens (tertiary/aromatic N) is 2. The zero-order valence-corrected chi connectivity index (χ0v) is 14.5. The van der Waals surface area contributed by atoms with Crippen molar-refractivity contribution in [1.82, 2.24) is 4.98 Å². The third kappa shape index (κ3) is 3.29. The Morgan fingerprint density at radius 3 is 2.85 bits per heavy atom. The molecule has 0 unspecified atom stereocenters. The molecule has 0 saturated carbocycles. The van der Waals surface area contributed by atoms with E-state index in [4.69, 9.17) is 4.74 Å². The summed E-state index contributed by atoms with van der Waals surface area (Å²) in [5, 5.41) is 17.0. The first-order valence-corrected chi connectivity index (χ1v) is 8.92. The number of ether oxygens (including phenoxy) is 1. The Bertz CT molecular complexity index is 1090. The van der Waals surface area contributed by atoms with E-state index >= 15 is 0 Å². The maximum Gasteiger partial charge on any atom is 0.270 e. The van der Waals surface area contributed by atoms with Crippen molar-refractivity contribution < 1.29 is 9.66 Å². The summed E-state index contributed by atoms with van der Waals surface area (Å²) < 4.78 is 6.68. The molecule has 130 valence electrons. The van der Waals surface area contributed by atoms with Crippen LogP contribution in [0, 0.1) is 10.1 Å². The molecule has 7 heteroatoms. The van der Waals surface area contributed by atoms with E-state index < -0.39 is 4.92 Å². The molecule has 1 N–H and O–H groups in total. The molecule has 0 aliphatic carbocycles. The molecule has 0 atom stereocenters. The smallest absolute Gasteiger partial charge is 0.270 e. The Balaban J connectivity index is 1.40. The van der Waals surface area contributed by atoms with Gasteiger partial charge >= 0.3 is 0 Å². The monoisotopic (exact) mass is 365 g/mol. The number of non-ortho nitro benzene ring substituents is 1. The highest BCUT2D eigenvalue weighted by molar-refractivity contribution is 7.22. The second-order valence-electron chi connectivity index (χ2n) is 5.68. The molecule has 1 aromatic heterocycles. The van der Waals surface area contributed by atoms with Gasteiger partial charge in [0.15, 0.2) is 5.13 Å². The molecule has 0 amide bonds. The topological polar surface area (TPSA) is 77.3 Å². The highest BCUT2D eigenvalue weighted by Crippen LogP contribution is 2.29. The molecular formula is C19H15N3O3S. The van der Waals surface area contributed by atoms with Crippen molar-refractivity contribution in [3.63, 3.8) is 0 Å². The lowest BCUT2D eigenvalue weighted by atomic mass is 10.1.